The summed E-state index contributed by atoms with van der Waals surface area (Å²) in [5, 5.41) is 10.0. The average Bonchev–Trinajstić information content (AvgIpc) is 2.69. The Labute approximate surface area is 157 Å². The lowest BCUT2D eigenvalue weighted by Gasteiger charge is -2.46. The maximum absolute atomic E-state index is 10.0. The van der Waals surface area contributed by atoms with Gasteiger partial charge >= 0.3 is 0 Å². The van der Waals surface area contributed by atoms with Crippen molar-refractivity contribution in [2.75, 3.05) is 0 Å². The molecule has 0 unspecified atom stereocenters. The van der Waals surface area contributed by atoms with E-state index >= 15 is 0 Å². The van der Waals surface area contributed by atoms with Gasteiger partial charge in [0.2, 0.25) is 0 Å². The van der Waals surface area contributed by atoms with Gasteiger partial charge in [-0.2, -0.15) is 5.26 Å². The van der Waals surface area contributed by atoms with E-state index in [-0.39, 0.29) is 5.41 Å². The number of rotatable bonds is 5. The van der Waals surface area contributed by atoms with Gasteiger partial charge in [-0.1, -0.05) is 52.4 Å². The van der Waals surface area contributed by atoms with Crippen molar-refractivity contribution in [1.29, 1.82) is 5.26 Å². The van der Waals surface area contributed by atoms with Crippen LogP contribution in [0.5, 0.6) is 0 Å². The molecular formula is C24H41N. The van der Waals surface area contributed by atoms with Crippen LogP contribution in [-0.2, 0) is 0 Å². The fourth-order valence-corrected chi connectivity index (χ4v) is 6.99. The third-order valence-electron chi connectivity index (χ3n) is 8.54. The molecule has 0 aromatic carbocycles. The Morgan fingerprint density at radius 2 is 1.40 bits per heavy atom. The topological polar surface area (TPSA) is 23.8 Å². The molecule has 3 aliphatic rings. The van der Waals surface area contributed by atoms with E-state index in [1.807, 2.05) is 0 Å². The van der Waals surface area contributed by atoms with Gasteiger partial charge < -0.3 is 0 Å². The van der Waals surface area contributed by atoms with E-state index < -0.39 is 0 Å². The summed E-state index contributed by atoms with van der Waals surface area (Å²) in [5.74, 6) is 4.64. The summed E-state index contributed by atoms with van der Waals surface area (Å²) < 4.78 is 0. The van der Waals surface area contributed by atoms with E-state index in [0.29, 0.717) is 5.92 Å². The van der Waals surface area contributed by atoms with Gasteiger partial charge in [-0.25, -0.2) is 0 Å². The Kier molecular flexibility index (Phi) is 6.87. The zero-order valence-electron chi connectivity index (χ0n) is 16.9. The van der Waals surface area contributed by atoms with Gasteiger partial charge in [0, 0.05) is 0 Å². The summed E-state index contributed by atoms with van der Waals surface area (Å²) in [6.07, 6.45) is 20.7. The summed E-state index contributed by atoms with van der Waals surface area (Å²) >= 11 is 0. The molecule has 0 aromatic heterocycles. The standard InChI is InChI=1S/C24H41N/c1-3-16-24(18-25)17-6-5-7-23(24)22-14-12-21(13-15-22)20-10-8-19(4-2)9-11-20/h19-23H,3-17H2,1-2H3/t19?,20?,21?,22?,23-,24-/m0/s1. The van der Waals surface area contributed by atoms with Crippen molar-refractivity contribution in [2.24, 2.45) is 35.0 Å². The molecule has 0 aliphatic heterocycles. The minimum Gasteiger partial charge on any atom is -0.198 e. The highest BCUT2D eigenvalue weighted by molar-refractivity contribution is 5.06. The molecule has 0 bridgehead atoms. The Hall–Kier alpha value is -0.510. The highest BCUT2D eigenvalue weighted by atomic mass is 14.5. The maximum Gasteiger partial charge on any atom is 0.0692 e. The molecule has 0 spiro atoms. The van der Waals surface area contributed by atoms with Crippen molar-refractivity contribution in [3.05, 3.63) is 0 Å². The van der Waals surface area contributed by atoms with Crippen molar-refractivity contribution in [2.45, 2.75) is 110 Å². The van der Waals surface area contributed by atoms with Crippen LogP contribution in [0.15, 0.2) is 0 Å². The average molecular weight is 344 g/mol. The first kappa shape index (κ1) is 19.3. The number of hydrogen-bond donors (Lipinski definition) is 0. The first-order valence-electron chi connectivity index (χ1n) is 11.6. The Bertz CT molecular complexity index is 430. The van der Waals surface area contributed by atoms with Gasteiger partial charge in [0.15, 0.2) is 0 Å². The van der Waals surface area contributed by atoms with Crippen LogP contribution in [0.1, 0.15) is 110 Å². The predicted molar refractivity (Wildman–Crippen MR) is 106 cm³/mol. The van der Waals surface area contributed by atoms with Gasteiger partial charge in [-0.05, 0) is 87.4 Å². The largest absolute Gasteiger partial charge is 0.198 e. The molecule has 0 aromatic rings. The van der Waals surface area contributed by atoms with Gasteiger partial charge in [0.25, 0.3) is 0 Å². The molecule has 3 rings (SSSR count). The van der Waals surface area contributed by atoms with E-state index in [0.717, 1.165) is 30.1 Å². The third kappa shape index (κ3) is 4.26. The lowest BCUT2D eigenvalue weighted by atomic mass is 9.57. The van der Waals surface area contributed by atoms with Crippen molar-refractivity contribution in [3.8, 4) is 6.07 Å². The molecule has 3 saturated carbocycles. The van der Waals surface area contributed by atoms with E-state index in [1.54, 1.807) is 0 Å². The monoisotopic (exact) mass is 343 g/mol. The van der Waals surface area contributed by atoms with Gasteiger partial charge in [-0.15, -0.1) is 0 Å². The fraction of sp³-hybridized carbons (Fsp3) is 0.958. The SMILES string of the molecule is CCC[C@@]1(C#N)CCCC[C@H]1C1CCC(C2CCC(CC)CC2)CC1. The number of nitriles is 1. The maximum atomic E-state index is 10.0. The Balaban J connectivity index is 1.55. The second-order valence-corrected chi connectivity index (χ2v) is 9.73. The van der Waals surface area contributed by atoms with E-state index in [2.05, 4.69) is 19.9 Å². The second kappa shape index (κ2) is 8.92. The highest BCUT2D eigenvalue weighted by Crippen LogP contribution is 2.52. The van der Waals surface area contributed by atoms with Crippen molar-refractivity contribution < 1.29 is 0 Å². The smallest absolute Gasteiger partial charge is 0.0692 e. The molecule has 2 atom stereocenters. The van der Waals surface area contributed by atoms with Gasteiger partial charge in [0.1, 0.15) is 0 Å². The van der Waals surface area contributed by atoms with Crippen LogP contribution < -0.4 is 0 Å². The molecule has 0 radical (unpaired) electrons. The predicted octanol–water partition coefficient (Wildman–Crippen LogP) is 7.51. The van der Waals surface area contributed by atoms with Crippen LogP contribution in [-0.4, -0.2) is 0 Å². The first-order chi connectivity index (χ1) is 12.2. The normalized spacial score (nSPS) is 42.7. The molecular weight excluding hydrogens is 302 g/mol. The molecule has 3 fully saturated rings. The van der Waals surface area contributed by atoms with Crippen LogP contribution in [0, 0.1) is 46.3 Å². The van der Waals surface area contributed by atoms with Crippen LogP contribution >= 0.6 is 0 Å². The second-order valence-electron chi connectivity index (χ2n) is 9.73. The summed E-state index contributed by atoms with van der Waals surface area (Å²) in [6.45, 7) is 4.65. The van der Waals surface area contributed by atoms with Crippen molar-refractivity contribution >= 4 is 0 Å². The number of nitrogens with zero attached hydrogens (tertiary/aromatic N) is 1. The lowest BCUT2D eigenvalue weighted by Crippen LogP contribution is -2.39. The minimum atomic E-state index is 0.0314. The Morgan fingerprint density at radius 3 is 1.96 bits per heavy atom. The third-order valence-corrected chi connectivity index (χ3v) is 8.54. The van der Waals surface area contributed by atoms with Crippen LogP contribution in [0.4, 0.5) is 0 Å². The van der Waals surface area contributed by atoms with Gasteiger partial charge in [0.05, 0.1) is 11.5 Å². The van der Waals surface area contributed by atoms with Crippen LogP contribution in [0.25, 0.3) is 0 Å². The minimum absolute atomic E-state index is 0.0314. The highest BCUT2D eigenvalue weighted by Gasteiger charge is 2.45. The quantitative estimate of drug-likeness (QED) is 0.506. The first-order valence-corrected chi connectivity index (χ1v) is 11.6. The molecule has 1 nitrogen and oxygen atoms in total. The molecule has 0 N–H and O–H groups in total. The van der Waals surface area contributed by atoms with Crippen LogP contribution in [0.2, 0.25) is 0 Å². The molecule has 0 saturated heterocycles. The summed E-state index contributed by atoms with van der Waals surface area (Å²) in [7, 11) is 0. The van der Waals surface area contributed by atoms with E-state index in [1.165, 1.54) is 89.9 Å². The number of hydrogen-bond acceptors (Lipinski definition) is 1. The summed E-state index contributed by atoms with van der Waals surface area (Å²) in [6, 6.07) is 2.85. The van der Waals surface area contributed by atoms with Crippen LogP contribution in [0.3, 0.4) is 0 Å². The Morgan fingerprint density at radius 1 is 0.800 bits per heavy atom. The fourth-order valence-electron chi connectivity index (χ4n) is 6.99. The van der Waals surface area contributed by atoms with Crippen molar-refractivity contribution in [3.63, 3.8) is 0 Å². The van der Waals surface area contributed by atoms with Crippen molar-refractivity contribution in [1.82, 2.24) is 0 Å². The van der Waals surface area contributed by atoms with E-state index in [9.17, 15) is 5.26 Å². The molecule has 3 aliphatic carbocycles. The zero-order valence-corrected chi connectivity index (χ0v) is 16.9. The lowest BCUT2D eigenvalue weighted by molar-refractivity contribution is 0.0460. The molecule has 0 heterocycles. The van der Waals surface area contributed by atoms with E-state index in [4.69, 9.17) is 0 Å². The molecule has 0 amide bonds. The summed E-state index contributed by atoms with van der Waals surface area (Å²) in [4.78, 5) is 0. The molecule has 1 heteroatoms. The molecule has 142 valence electrons. The zero-order chi connectivity index (χ0) is 17.7. The molecule has 25 heavy (non-hydrogen) atoms. The van der Waals surface area contributed by atoms with Gasteiger partial charge in [-0.3, -0.25) is 0 Å². The summed E-state index contributed by atoms with van der Waals surface area (Å²) in [5.41, 5.74) is 0.0314.